The van der Waals surface area contributed by atoms with Crippen LogP contribution in [-0.4, -0.2) is 31.4 Å². The number of carbonyl (C=O) groups is 2. The molecule has 0 unspecified atom stereocenters. The molecule has 0 aliphatic rings. The second-order valence-electron chi connectivity index (χ2n) is 5.55. The summed E-state index contributed by atoms with van der Waals surface area (Å²) in [7, 11) is 0. The summed E-state index contributed by atoms with van der Waals surface area (Å²) in [4.78, 5) is 22.8. The molecule has 2 aromatic rings. The third-order valence-corrected chi connectivity index (χ3v) is 4.20. The van der Waals surface area contributed by atoms with Gasteiger partial charge in [-0.05, 0) is 52.8 Å². The fraction of sp³-hybridized carbons (Fsp3) is 0.211. The van der Waals surface area contributed by atoms with E-state index in [4.69, 9.17) is 15.2 Å². The summed E-state index contributed by atoms with van der Waals surface area (Å²) in [6.07, 6.45) is 1.44. The average Bonchev–Trinajstić information content (AvgIpc) is 2.66. The Morgan fingerprint density at radius 3 is 2.64 bits per heavy atom. The number of primary amides is 1. The number of rotatable bonds is 9. The smallest absolute Gasteiger partial charge is 0.332 e. The van der Waals surface area contributed by atoms with E-state index in [1.165, 1.54) is 6.21 Å². The number of nitrogens with one attached hydrogen (secondary N) is 2. The minimum Gasteiger partial charge on any atom is -0.490 e. The normalized spacial score (nSPS) is 10.5. The van der Waals surface area contributed by atoms with Gasteiger partial charge in [-0.1, -0.05) is 30.3 Å². The van der Waals surface area contributed by atoms with Crippen LogP contribution in [0.3, 0.4) is 0 Å². The Morgan fingerprint density at radius 2 is 1.96 bits per heavy atom. The molecule has 9 heteroatoms. The van der Waals surface area contributed by atoms with Gasteiger partial charge in [0.05, 0.1) is 16.4 Å². The molecule has 2 rings (SSSR count). The Labute approximate surface area is 176 Å². The van der Waals surface area contributed by atoms with Gasteiger partial charge in [-0.3, -0.25) is 4.79 Å². The topological polar surface area (TPSA) is 115 Å². The summed E-state index contributed by atoms with van der Waals surface area (Å²) >= 11 is 2.08. The van der Waals surface area contributed by atoms with Crippen molar-refractivity contribution in [2.24, 2.45) is 10.8 Å². The van der Waals surface area contributed by atoms with Gasteiger partial charge in [0.25, 0.3) is 5.91 Å². The fourth-order valence-electron chi connectivity index (χ4n) is 2.22. The van der Waals surface area contributed by atoms with Crippen LogP contribution in [-0.2, 0) is 11.3 Å². The summed E-state index contributed by atoms with van der Waals surface area (Å²) in [5.74, 6) is 0.710. The Hall–Kier alpha value is -2.82. The van der Waals surface area contributed by atoms with Gasteiger partial charge in [0.1, 0.15) is 0 Å². The van der Waals surface area contributed by atoms with E-state index >= 15 is 0 Å². The van der Waals surface area contributed by atoms with Crippen molar-refractivity contribution in [3.63, 3.8) is 0 Å². The average molecular weight is 496 g/mol. The van der Waals surface area contributed by atoms with E-state index in [-0.39, 0.29) is 12.5 Å². The van der Waals surface area contributed by atoms with Crippen LogP contribution in [0.15, 0.2) is 47.6 Å². The first-order valence-corrected chi connectivity index (χ1v) is 9.55. The van der Waals surface area contributed by atoms with Gasteiger partial charge >= 0.3 is 6.03 Å². The first kappa shape index (κ1) is 21.5. The van der Waals surface area contributed by atoms with Crippen LogP contribution in [0.4, 0.5) is 4.79 Å². The zero-order chi connectivity index (χ0) is 20.4. The van der Waals surface area contributed by atoms with E-state index in [1.807, 2.05) is 37.3 Å². The number of hydrogen-bond donors (Lipinski definition) is 3. The Bertz CT molecular complexity index is 843. The molecule has 0 fully saturated rings. The summed E-state index contributed by atoms with van der Waals surface area (Å²) in [6.45, 7) is 2.56. The van der Waals surface area contributed by atoms with Gasteiger partial charge < -0.3 is 20.5 Å². The van der Waals surface area contributed by atoms with E-state index < -0.39 is 6.03 Å². The number of nitrogens with zero attached hydrogens (tertiary/aromatic N) is 1. The highest BCUT2D eigenvalue weighted by molar-refractivity contribution is 14.1. The molecule has 4 N–H and O–H groups in total. The van der Waals surface area contributed by atoms with Crippen molar-refractivity contribution in [1.82, 2.24) is 10.7 Å². The van der Waals surface area contributed by atoms with E-state index in [0.717, 1.165) is 9.13 Å². The molecule has 148 valence electrons. The van der Waals surface area contributed by atoms with E-state index in [2.05, 4.69) is 38.4 Å². The van der Waals surface area contributed by atoms with Crippen molar-refractivity contribution in [2.45, 2.75) is 13.5 Å². The molecule has 28 heavy (non-hydrogen) atoms. The molecule has 0 heterocycles. The molecule has 0 atom stereocenters. The third kappa shape index (κ3) is 7.06. The number of ether oxygens (including phenoxy) is 2. The molecule has 0 spiro atoms. The largest absolute Gasteiger partial charge is 0.490 e. The first-order chi connectivity index (χ1) is 13.5. The van der Waals surface area contributed by atoms with Crippen molar-refractivity contribution in [3.05, 3.63) is 57.2 Å². The zero-order valence-electron chi connectivity index (χ0n) is 15.3. The molecule has 0 aromatic heterocycles. The van der Waals surface area contributed by atoms with Crippen molar-refractivity contribution >= 4 is 40.7 Å². The van der Waals surface area contributed by atoms with Crippen molar-refractivity contribution in [2.75, 3.05) is 13.2 Å². The number of halogens is 1. The van der Waals surface area contributed by atoms with Crippen LogP contribution in [0.5, 0.6) is 11.5 Å². The van der Waals surface area contributed by atoms with Crippen molar-refractivity contribution in [1.29, 1.82) is 0 Å². The van der Waals surface area contributed by atoms with Crippen LogP contribution in [0.25, 0.3) is 0 Å². The molecular weight excluding hydrogens is 475 g/mol. The Kier molecular flexibility index (Phi) is 8.53. The fourth-order valence-corrected chi connectivity index (χ4v) is 3.00. The van der Waals surface area contributed by atoms with E-state index in [9.17, 15) is 9.59 Å². The number of benzene rings is 2. The molecule has 0 radical (unpaired) electrons. The van der Waals surface area contributed by atoms with Crippen LogP contribution in [0.1, 0.15) is 18.1 Å². The molecule has 0 bridgehead atoms. The summed E-state index contributed by atoms with van der Waals surface area (Å²) in [5, 5.41) is 6.54. The zero-order valence-corrected chi connectivity index (χ0v) is 17.4. The van der Waals surface area contributed by atoms with Gasteiger partial charge in [-0.15, -0.1) is 0 Å². The van der Waals surface area contributed by atoms with E-state index in [0.29, 0.717) is 30.2 Å². The number of carbonyl (C=O) groups excluding carboxylic acids is 2. The van der Waals surface area contributed by atoms with E-state index in [1.54, 1.807) is 12.1 Å². The monoisotopic (exact) mass is 496 g/mol. The van der Waals surface area contributed by atoms with Gasteiger partial charge in [0.15, 0.2) is 18.1 Å². The highest BCUT2D eigenvalue weighted by Gasteiger charge is 2.13. The predicted octanol–water partition coefficient (Wildman–Crippen LogP) is 2.39. The molecule has 2 aromatic carbocycles. The minimum absolute atomic E-state index is 0.139. The maximum atomic E-state index is 12.1. The number of nitrogens with two attached hydrogens (primary N) is 1. The lowest BCUT2D eigenvalue weighted by atomic mass is 10.2. The second kappa shape index (κ2) is 11.1. The minimum atomic E-state index is -0.752. The second-order valence-corrected chi connectivity index (χ2v) is 6.71. The number of amides is 3. The lowest BCUT2D eigenvalue weighted by Gasteiger charge is -2.14. The SMILES string of the molecule is CCOc1cc(C=NNC(N)=O)cc(I)c1OCC(=O)NCc1ccccc1. The summed E-state index contributed by atoms with van der Waals surface area (Å²) < 4.78 is 12.0. The van der Waals surface area contributed by atoms with Crippen molar-refractivity contribution < 1.29 is 19.1 Å². The molecule has 3 amide bonds. The number of hydrogen-bond acceptors (Lipinski definition) is 5. The molecular formula is C19H21IN4O4. The quantitative estimate of drug-likeness (QED) is 0.281. The lowest BCUT2D eigenvalue weighted by molar-refractivity contribution is -0.123. The highest BCUT2D eigenvalue weighted by atomic mass is 127. The lowest BCUT2D eigenvalue weighted by Crippen LogP contribution is -2.28. The number of hydrazone groups is 1. The molecule has 0 saturated carbocycles. The summed E-state index contributed by atoms with van der Waals surface area (Å²) in [5.41, 5.74) is 8.79. The predicted molar refractivity (Wildman–Crippen MR) is 114 cm³/mol. The molecule has 0 saturated heterocycles. The third-order valence-electron chi connectivity index (χ3n) is 3.40. The Morgan fingerprint density at radius 1 is 1.21 bits per heavy atom. The molecule has 8 nitrogen and oxygen atoms in total. The van der Waals surface area contributed by atoms with Gasteiger partial charge in [-0.2, -0.15) is 5.10 Å². The highest BCUT2D eigenvalue weighted by Crippen LogP contribution is 2.33. The standard InChI is InChI=1S/C19H21IN4O4/c1-2-27-16-9-14(11-23-24-19(21)26)8-15(20)18(16)28-12-17(25)22-10-13-6-4-3-5-7-13/h3-9,11H,2,10,12H2,1H3,(H,22,25)(H3,21,24,26). The maximum absolute atomic E-state index is 12.1. The van der Waals surface area contributed by atoms with Crippen LogP contribution in [0.2, 0.25) is 0 Å². The number of urea groups is 1. The Balaban J connectivity index is 2.01. The van der Waals surface area contributed by atoms with Crippen LogP contribution >= 0.6 is 22.6 Å². The van der Waals surface area contributed by atoms with Crippen molar-refractivity contribution in [3.8, 4) is 11.5 Å². The van der Waals surface area contributed by atoms with Crippen LogP contribution in [0, 0.1) is 3.57 Å². The maximum Gasteiger partial charge on any atom is 0.332 e. The molecule has 0 aliphatic carbocycles. The summed E-state index contributed by atoms with van der Waals surface area (Å²) in [6, 6.07) is 12.4. The molecule has 0 aliphatic heterocycles. The van der Waals surface area contributed by atoms with Gasteiger partial charge in [0, 0.05) is 6.54 Å². The van der Waals surface area contributed by atoms with Crippen LogP contribution < -0.4 is 25.9 Å². The first-order valence-electron chi connectivity index (χ1n) is 8.48. The van der Waals surface area contributed by atoms with Gasteiger partial charge in [-0.25, -0.2) is 10.2 Å². The van der Waals surface area contributed by atoms with Gasteiger partial charge in [0.2, 0.25) is 0 Å².